The predicted octanol–water partition coefficient (Wildman–Crippen LogP) is 0.471. The summed E-state index contributed by atoms with van der Waals surface area (Å²) in [4.78, 5) is 0. The Morgan fingerprint density at radius 2 is 1.85 bits per heavy atom. The molecule has 0 aliphatic carbocycles. The molecule has 0 aliphatic heterocycles. The van der Waals surface area contributed by atoms with E-state index in [4.69, 9.17) is 15.9 Å². The monoisotopic (exact) mass is 205 g/mol. The maximum absolute atomic E-state index is 9.27. The summed E-state index contributed by atoms with van der Waals surface area (Å²) in [7, 11) is 0. The molecule has 1 aromatic carbocycles. The topological polar surface area (TPSA) is 86.7 Å². The van der Waals surface area contributed by atoms with Gasteiger partial charge in [0.2, 0.25) is 0 Å². The van der Waals surface area contributed by atoms with Gasteiger partial charge in [0.25, 0.3) is 0 Å². The SMILES string of the molecule is Cl.NCc1c(CO)ccc(O)c1O. The first-order chi connectivity index (χ1) is 5.70. The highest BCUT2D eigenvalue weighted by Crippen LogP contribution is 2.30. The summed E-state index contributed by atoms with van der Waals surface area (Å²) in [6.07, 6.45) is 0. The van der Waals surface area contributed by atoms with Gasteiger partial charge in [0, 0.05) is 12.1 Å². The van der Waals surface area contributed by atoms with Crippen molar-refractivity contribution in [2.24, 2.45) is 5.73 Å². The van der Waals surface area contributed by atoms with Crippen molar-refractivity contribution in [3.63, 3.8) is 0 Å². The molecule has 74 valence electrons. The molecule has 0 radical (unpaired) electrons. The van der Waals surface area contributed by atoms with Crippen LogP contribution < -0.4 is 5.73 Å². The van der Waals surface area contributed by atoms with E-state index in [2.05, 4.69) is 0 Å². The van der Waals surface area contributed by atoms with Crippen LogP contribution in [0.2, 0.25) is 0 Å². The van der Waals surface area contributed by atoms with Crippen molar-refractivity contribution >= 4 is 12.4 Å². The number of phenols is 2. The highest BCUT2D eigenvalue weighted by molar-refractivity contribution is 5.85. The summed E-state index contributed by atoms with van der Waals surface area (Å²) in [5, 5.41) is 27.1. The molecule has 1 aromatic rings. The second-order valence-electron chi connectivity index (χ2n) is 2.43. The Balaban J connectivity index is 0.00000144. The molecule has 4 nitrogen and oxygen atoms in total. The van der Waals surface area contributed by atoms with Crippen LogP contribution >= 0.6 is 12.4 Å². The maximum atomic E-state index is 9.27. The molecule has 1 rings (SSSR count). The molecule has 0 amide bonds. The molecule has 0 aliphatic rings. The first-order valence-electron chi connectivity index (χ1n) is 3.54. The number of benzene rings is 1. The molecule has 5 N–H and O–H groups in total. The normalized spacial score (nSPS) is 9.38. The number of aromatic hydroxyl groups is 2. The van der Waals surface area contributed by atoms with E-state index in [1.165, 1.54) is 12.1 Å². The van der Waals surface area contributed by atoms with E-state index in [0.717, 1.165) is 0 Å². The molecule has 0 fully saturated rings. The average molecular weight is 206 g/mol. The van der Waals surface area contributed by atoms with Gasteiger partial charge >= 0.3 is 0 Å². The van der Waals surface area contributed by atoms with Gasteiger partial charge in [-0.25, -0.2) is 0 Å². The van der Waals surface area contributed by atoms with Gasteiger partial charge in [-0.1, -0.05) is 6.07 Å². The summed E-state index contributed by atoms with van der Waals surface area (Å²) >= 11 is 0. The summed E-state index contributed by atoms with van der Waals surface area (Å²) in [5.74, 6) is -0.461. The van der Waals surface area contributed by atoms with Crippen molar-refractivity contribution in [3.05, 3.63) is 23.3 Å². The Labute approximate surface area is 82.0 Å². The van der Waals surface area contributed by atoms with Crippen molar-refractivity contribution in [1.29, 1.82) is 0 Å². The van der Waals surface area contributed by atoms with Gasteiger partial charge in [-0.2, -0.15) is 0 Å². The Morgan fingerprint density at radius 3 is 2.31 bits per heavy atom. The molecule has 0 heterocycles. The van der Waals surface area contributed by atoms with Crippen molar-refractivity contribution in [1.82, 2.24) is 0 Å². The average Bonchev–Trinajstić information content (AvgIpc) is 2.09. The Kier molecular flexibility index (Phi) is 4.55. The van der Waals surface area contributed by atoms with Gasteiger partial charge in [0.15, 0.2) is 11.5 Å². The van der Waals surface area contributed by atoms with Crippen LogP contribution in [0, 0.1) is 0 Å². The van der Waals surface area contributed by atoms with Crippen molar-refractivity contribution in [2.75, 3.05) is 0 Å². The number of halogens is 1. The quantitative estimate of drug-likeness (QED) is 0.529. The number of aliphatic hydroxyl groups excluding tert-OH is 1. The summed E-state index contributed by atoms with van der Waals surface area (Å²) < 4.78 is 0. The molecular formula is C8H12ClNO3. The van der Waals surface area contributed by atoms with Crippen molar-refractivity contribution in [3.8, 4) is 11.5 Å². The minimum absolute atomic E-state index is 0. The van der Waals surface area contributed by atoms with E-state index >= 15 is 0 Å². The Bertz CT molecular complexity index is 291. The second kappa shape index (κ2) is 4.91. The lowest BCUT2D eigenvalue weighted by atomic mass is 10.1. The molecule has 0 bridgehead atoms. The number of aliphatic hydroxyl groups is 1. The van der Waals surface area contributed by atoms with E-state index in [1.54, 1.807) is 0 Å². The lowest BCUT2D eigenvalue weighted by molar-refractivity contribution is 0.279. The van der Waals surface area contributed by atoms with Crippen LogP contribution in [0.3, 0.4) is 0 Å². The molecule has 13 heavy (non-hydrogen) atoms. The number of rotatable bonds is 2. The molecule has 0 atom stereocenters. The number of hydrogen-bond acceptors (Lipinski definition) is 4. The van der Waals surface area contributed by atoms with Gasteiger partial charge in [-0.3, -0.25) is 0 Å². The van der Waals surface area contributed by atoms with E-state index in [1.807, 2.05) is 0 Å². The first-order valence-corrected chi connectivity index (χ1v) is 3.54. The molecule has 0 aromatic heterocycles. The van der Waals surface area contributed by atoms with E-state index in [9.17, 15) is 5.11 Å². The summed E-state index contributed by atoms with van der Waals surface area (Å²) in [5.41, 5.74) is 6.24. The predicted molar refractivity (Wildman–Crippen MR) is 50.8 cm³/mol. The summed E-state index contributed by atoms with van der Waals surface area (Å²) in [6, 6.07) is 2.84. The Hall–Kier alpha value is -0.970. The van der Waals surface area contributed by atoms with Gasteiger partial charge in [0.1, 0.15) is 0 Å². The third kappa shape index (κ3) is 2.24. The fourth-order valence-corrected chi connectivity index (χ4v) is 1.04. The second-order valence-corrected chi connectivity index (χ2v) is 2.43. The Morgan fingerprint density at radius 1 is 1.23 bits per heavy atom. The summed E-state index contributed by atoms with van der Waals surface area (Å²) in [6.45, 7) is -0.101. The standard InChI is InChI=1S/C8H11NO3.ClH/c9-3-6-5(4-10)1-2-7(11)8(6)12;/h1-2,10-12H,3-4,9H2;1H. The molecule has 0 saturated carbocycles. The van der Waals surface area contributed by atoms with Gasteiger partial charge < -0.3 is 21.1 Å². The third-order valence-electron chi connectivity index (χ3n) is 1.73. The highest BCUT2D eigenvalue weighted by Gasteiger charge is 2.09. The highest BCUT2D eigenvalue weighted by atomic mass is 35.5. The van der Waals surface area contributed by atoms with Gasteiger partial charge in [-0.15, -0.1) is 12.4 Å². The lowest BCUT2D eigenvalue weighted by Crippen LogP contribution is -2.01. The zero-order chi connectivity index (χ0) is 9.14. The van der Waals surface area contributed by atoms with E-state index in [0.29, 0.717) is 11.1 Å². The largest absolute Gasteiger partial charge is 0.504 e. The smallest absolute Gasteiger partial charge is 0.162 e. The number of hydrogen-bond donors (Lipinski definition) is 4. The third-order valence-corrected chi connectivity index (χ3v) is 1.73. The first kappa shape index (κ1) is 12.0. The zero-order valence-electron chi connectivity index (χ0n) is 6.90. The van der Waals surface area contributed by atoms with Crippen LogP contribution in [-0.4, -0.2) is 15.3 Å². The lowest BCUT2D eigenvalue weighted by Gasteiger charge is -2.08. The minimum atomic E-state index is -0.246. The molecule has 0 saturated heterocycles. The van der Waals surface area contributed by atoms with Crippen LogP contribution in [0.15, 0.2) is 12.1 Å². The number of phenolic OH excluding ortho intramolecular Hbond substituents is 2. The van der Waals surface area contributed by atoms with Gasteiger partial charge in [0.05, 0.1) is 6.61 Å². The van der Waals surface area contributed by atoms with Crippen LogP contribution in [0.5, 0.6) is 11.5 Å². The zero-order valence-corrected chi connectivity index (χ0v) is 7.71. The maximum Gasteiger partial charge on any atom is 0.162 e. The molecule has 0 spiro atoms. The van der Waals surface area contributed by atoms with Crippen LogP contribution in [-0.2, 0) is 13.2 Å². The van der Waals surface area contributed by atoms with Crippen molar-refractivity contribution in [2.45, 2.75) is 13.2 Å². The van der Waals surface area contributed by atoms with E-state index in [-0.39, 0.29) is 37.1 Å². The van der Waals surface area contributed by atoms with Crippen LogP contribution in [0.25, 0.3) is 0 Å². The molecule has 0 unspecified atom stereocenters. The number of nitrogens with two attached hydrogens (primary N) is 1. The van der Waals surface area contributed by atoms with Gasteiger partial charge in [-0.05, 0) is 11.6 Å². The fourth-order valence-electron chi connectivity index (χ4n) is 1.04. The van der Waals surface area contributed by atoms with Crippen LogP contribution in [0.1, 0.15) is 11.1 Å². The van der Waals surface area contributed by atoms with Crippen molar-refractivity contribution < 1.29 is 15.3 Å². The van der Waals surface area contributed by atoms with Crippen LogP contribution in [0.4, 0.5) is 0 Å². The molecular weight excluding hydrogens is 194 g/mol. The fraction of sp³-hybridized carbons (Fsp3) is 0.250. The minimum Gasteiger partial charge on any atom is -0.504 e. The van der Waals surface area contributed by atoms with E-state index < -0.39 is 0 Å². The molecule has 5 heteroatoms.